The standard InChI is InChI=1S/C29H27Cl2N5O3S/c30-23-7-6-21(18-24(23)31)27-26(19-8-12-32-13-9-19)33-28(34-27)20-10-16-35(17-11-20)14-3-15-36-29(37)22-4-1-2-5-25(22)40(36,38)39/h1-2,4-9,12-13,18,20H,3,10-11,14-17H2,(H,33,34). The van der Waals surface area contributed by atoms with Crippen LogP contribution in [0.15, 0.2) is 71.9 Å². The summed E-state index contributed by atoms with van der Waals surface area (Å²) in [6, 6.07) is 15.8. The number of nitrogens with zero attached hydrogens (tertiary/aromatic N) is 4. The zero-order valence-electron chi connectivity index (χ0n) is 21.6. The molecule has 1 amide bonds. The van der Waals surface area contributed by atoms with Crippen molar-refractivity contribution >= 4 is 39.1 Å². The van der Waals surface area contributed by atoms with Gasteiger partial charge in [-0.25, -0.2) is 17.7 Å². The first-order valence-electron chi connectivity index (χ1n) is 13.2. The average Bonchev–Trinajstić information content (AvgIpc) is 3.50. The summed E-state index contributed by atoms with van der Waals surface area (Å²) in [7, 11) is -3.76. The second-order valence-corrected chi connectivity index (χ2v) is 12.7. The smallest absolute Gasteiger partial charge is 0.269 e. The molecule has 1 N–H and O–H groups in total. The van der Waals surface area contributed by atoms with Crippen LogP contribution in [0.3, 0.4) is 0 Å². The van der Waals surface area contributed by atoms with Gasteiger partial charge in [0.25, 0.3) is 15.9 Å². The Morgan fingerprint density at radius 3 is 2.40 bits per heavy atom. The first-order chi connectivity index (χ1) is 19.3. The number of imidazole rings is 1. The van der Waals surface area contributed by atoms with E-state index in [0.29, 0.717) is 16.5 Å². The Labute approximate surface area is 243 Å². The van der Waals surface area contributed by atoms with E-state index in [9.17, 15) is 13.2 Å². The molecule has 1 saturated heterocycles. The number of carbonyl (C=O) groups excluding carboxylic acids is 1. The van der Waals surface area contributed by atoms with E-state index in [4.69, 9.17) is 28.2 Å². The maximum atomic E-state index is 12.8. The van der Waals surface area contributed by atoms with Gasteiger partial charge in [-0.15, -0.1) is 0 Å². The van der Waals surface area contributed by atoms with E-state index in [1.54, 1.807) is 36.7 Å². The monoisotopic (exact) mass is 595 g/mol. The molecule has 0 saturated carbocycles. The van der Waals surface area contributed by atoms with Crippen LogP contribution in [-0.4, -0.2) is 64.7 Å². The quantitative estimate of drug-likeness (QED) is 0.287. The number of pyridine rings is 1. The summed E-state index contributed by atoms with van der Waals surface area (Å²) in [6.07, 6.45) is 5.92. The summed E-state index contributed by atoms with van der Waals surface area (Å²) in [5.74, 6) is 0.748. The van der Waals surface area contributed by atoms with Crippen LogP contribution in [0.5, 0.6) is 0 Å². The summed E-state index contributed by atoms with van der Waals surface area (Å²) < 4.78 is 26.6. The van der Waals surface area contributed by atoms with Crippen molar-refractivity contribution in [2.75, 3.05) is 26.2 Å². The molecule has 6 rings (SSSR count). The molecule has 4 heterocycles. The fourth-order valence-corrected chi connectivity index (χ4v) is 7.39. The normalized spacial score (nSPS) is 17.4. The summed E-state index contributed by atoms with van der Waals surface area (Å²) in [5, 5.41) is 0.972. The van der Waals surface area contributed by atoms with E-state index in [1.807, 2.05) is 24.3 Å². The molecule has 2 aliphatic heterocycles. The SMILES string of the molecule is O=C1c2ccccc2S(=O)(=O)N1CCCN1CCC(c2nc(-c3ccc(Cl)c(Cl)c3)c(-c3ccncc3)[nH]2)CC1. The van der Waals surface area contributed by atoms with Crippen molar-refractivity contribution in [3.8, 4) is 22.5 Å². The largest absolute Gasteiger partial charge is 0.341 e. The van der Waals surface area contributed by atoms with Crippen molar-refractivity contribution in [1.82, 2.24) is 24.2 Å². The number of amides is 1. The number of rotatable bonds is 7. The number of H-pyrrole nitrogens is 1. The highest BCUT2D eigenvalue weighted by Crippen LogP contribution is 2.37. The van der Waals surface area contributed by atoms with Gasteiger partial charge in [0.1, 0.15) is 10.7 Å². The Morgan fingerprint density at radius 1 is 0.925 bits per heavy atom. The van der Waals surface area contributed by atoms with Crippen molar-refractivity contribution in [1.29, 1.82) is 0 Å². The van der Waals surface area contributed by atoms with E-state index in [2.05, 4.69) is 14.9 Å². The zero-order chi connectivity index (χ0) is 27.9. The maximum absolute atomic E-state index is 12.8. The minimum Gasteiger partial charge on any atom is -0.341 e. The molecular weight excluding hydrogens is 569 g/mol. The summed E-state index contributed by atoms with van der Waals surface area (Å²) in [6.45, 7) is 2.62. The third kappa shape index (κ3) is 5.03. The van der Waals surface area contributed by atoms with Crippen LogP contribution in [0, 0.1) is 0 Å². The first-order valence-corrected chi connectivity index (χ1v) is 15.4. The average molecular weight is 597 g/mol. The van der Waals surface area contributed by atoms with Crippen molar-refractivity contribution in [2.24, 2.45) is 0 Å². The van der Waals surface area contributed by atoms with Gasteiger partial charge in [0, 0.05) is 36.0 Å². The Bertz CT molecular complexity index is 1670. The van der Waals surface area contributed by atoms with Crippen LogP contribution >= 0.6 is 23.2 Å². The van der Waals surface area contributed by atoms with Crippen molar-refractivity contribution in [3.63, 3.8) is 0 Å². The maximum Gasteiger partial charge on any atom is 0.269 e. The van der Waals surface area contributed by atoms with Crippen LogP contribution < -0.4 is 0 Å². The van der Waals surface area contributed by atoms with Gasteiger partial charge in [0.15, 0.2) is 0 Å². The third-order valence-electron chi connectivity index (χ3n) is 7.61. The molecule has 0 unspecified atom stereocenters. The lowest BCUT2D eigenvalue weighted by molar-refractivity contribution is 0.0865. The van der Waals surface area contributed by atoms with E-state index >= 15 is 0 Å². The summed E-state index contributed by atoms with van der Waals surface area (Å²) >= 11 is 12.5. The highest BCUT2D eigenvalue weighted by molar-refractivity contribution is 7.90. The number of sulfonamides is 1. The van der Waals surface area contributed by atoms with Crippen LogP contribution in [0.25, 0.3) is 22.5 Å². The number of halogens is 2. The molecule has 2 aromatic heterocycles. The van der Waals surface area contributed by atoms with Gasteiger partial charge in [-0.3, -0.25) is 9.78 Å². The topological polar surface area (TPSA) is 99.3 Å². The predicted molar refractivity (Wildman–Crippen MR) is 155 cm³/mol. The summed E-state index contributed by atoms with van der Waals surface area (Å²) in [5.41, 5.74) is 3.86. The number of piperidine rings is 1. The molecule has 0 atom stereocenters. The number of likely N-dealkylation sites (tertiary alicyclic amines) is 1. The predicted octanol–water partition coefficient (Wildman–Crippen LogP) is 5.86. The van der Waals surface area contributed by atoms with Gasteiger partial charge >= 0.3 is 0 Å². The van der Waals surface area contributed by atoms with E-state index in [-0.39, 0.29) is 22.9 Å². The van der Waals surface area contributed by atoms with Gasteiger partial charge in [-0.1, -0.05) is 41.4 Å². The molecule has 0 bridgehead atoms. The van der Waals surface area contributed by atoms with Crippen LogP contribution in [-0.2, 0) is 10.0 Å². The molecule has 4 aromatic rings. The molecule has 1 fully saturated rings. The second kappa shape index (κ2) is 11.0. The molecule has 206 valence electrons. The Morgan fingerprint density at radius 2 is 1.68 bits per heavy atom. The number of carbonyl (C=O) groups is 1. The molecule has 0 aliphatic carbocycles. The third-order valence-corrected chi connectivity index (χ3v) is 10.2. The number of nitrogens with one attached hydrogen (secondary N) is 1. The van der Waals surface area contributed by atoms with Crippen LogP contribution in [0.1, 0.15) is 41.4 Å². The van der Waals surface area contributed by atoms with Crippen LogP contribution in [0.4, 0.5) is 0 Å². The fraction of sp³-hybridized carbons (Fsp3) is 0.276. The number of hydrogen-bond donors (Lipinski definition) is 1. The van der Waals surface area contributed by atoms with E-state index in [0.717, 1.165) is 65.1 Å². The summed E-state index contributed by atoms with van der Waals surface area (Å²) in [4.78, 5) is 27.8. The lowest BCUT2D eigenvalue weighted by Crippen LogP contribution is -2.37. The minimum atomic E-state index is -3.76. The first kappa shape index (κ1) is 27.0. The highest BCUT2D eigenvalue weighted by atomic mass is 35.5. The number of benzene rings is 2. The van der Waals surface area contributed by atoms with Gasteiger partial charge in [0.05, 0.1) is 27.0 Å². The van der Waals surface area contributed by atoms with Gasteiger partial charge in [-0.2, -0.15) is 0 Å². The Balaban J connectivity index is 1.11. The Kier molecular flexibility index (Phi) is 7.39. The zero-order valence-corrected chi connectivity index (χ0v) is 23.9. The second-order valence-electron chi connectivity index (χ2n) is 10.1. The molecular formula is C29H27Cl2N5O3S. The van der Waals surface area contributed by atoms with Gasteiger partial charge in [0.2, 0.25) is 0 Å². The van der Waals surface area contributed by atoms with Gasteiger partial charge < -0.3 is 9.88 Å². The van der Waals surface area contributed by atoms with Crippen molar-refractivity contribution in [2.45, 2.75) is 30.1 Å². The van der Waals surface area contributed by atoms with E-state index in [1.165, 1.54) is 6.07 Å². The Hall–Kier alpha value is -3.24. The van der Waals surface area contributed by atoms with Crippen molar-refractivity contribution < 1.29 is 13.2 Å². The molecule has 40 heavy (non-hydrogen) atoms. The van der Waals surface area contributed by atoms with Crippen LogP contribution in [0.2, 0.25) is 10.0 Å². The molecule has 2 aromatic carbocycles. The highest BCUT2D eigenvalue weighted by Gasteiger charge is 2.40. The van der Waals surface area contributed by atoms with Gasteiger partial charge in [-0.05, 0) is 75.3 Å². The lowest BCUT2D eigenvalue weighted by Gasteiger charge is -2.31. The number of aromatic amines is 1. The molecule has 8 nitrogen and oxygen atoms in total. The molecule has 0 spiro atoms. The molecule has 0 radical (unpaired) electrons. The fourth-order valence-electron chi connectivity index (χ4n) is 5.48. The number of hydrogen-bond acceptors (Lipinski definition) is 6. The van der Waals surface area contributed by atoms with Crippen molar-refractivity contribution in [3.05, 3.63) is 88.4 Å². The van der Waals surface area contributed by atoms with E-state index < -0.39 is 15.9 Å². The minimum absolute atomic E-state index is 0.102. The molecule has 2 aliphatic rings. The number of fused-ring (bicyclic) bond motifs is 1. The number of aromatic nitrogens is 3. The molecule has 11 heteroatoms. The lowest BCUT2D eigenvalue weighted by atomic mass is 9.96.